The summed E-state index contributed by atoms with van der Waals surface area (Å²) in [6.07, 6.45) is 3.72. The van der Waals surface area contributed by atoms with Crippen LogP contribution in [-0.2, 0) is 20.7 Å². The molecular weight excluding hydrogens is 300 g/mol. The van der Waals surface area contributed by atoms with Crippen molar-refractivity contribution in [2.75, 3.05) is 12.4 Å². The summed E-state index contributed by atoms with van der Waals surface area (Å²) in [5, 5.41) is 2.77. The Morgan fingerprint density at radius 3 is 2.50 bits per heavy atom. The Kier molecular flexibility index (Phi) is 7.38. The summed E-state index contributed by atoms with van der Waals surface area (Å²) in [5.74, 6) is -0.254. The highest BCUT2D eigenvalue weighted by Gasteiger charge is 2.23. The minimum atomic E-state index is -0.671. The number of aromatic nitrogens is 1. The molecule has 0 aliphatic carbocycles. The number of hydrogen-bond acceptors (Lipinski definition) is 5. The average Bonchev–Trinajstić information content (AvgIpc) is 2.45. The van der Waals surface area contributed by atoms with Gasteiger partial charge in [-0.3, -0.25) is 9.78 Å². The number of esters is 1. The topological polar surface area (TPSA) is 68.3 Å². The lowest BCUT2D eigenvalue weighted by Gasteiger charge is -2.20. The third-order valence-corrected chi connectivity index (χ3v) is 4.00. The van der Waals surface area contributed by atoms with E-state index in [1.54, 1.807) is 31.1 Å². The van der Waals surface area contributed by atoms with E-state index in [9.17, 15) is 9.59 Å². The van der Waals surface area contributed by atoms with Gasteiger partial charge < -0.3 is 10.1 Å². The SMILES string of the molecule is CCOC(=O)[C@@H](Cc1ccncc1)NC(=O)CSC(C)(C)C. The molecule has 1 amide bonds. The molecule has 1 N–H and O–H groups in total. The Morgan fingerprint density at radius 1 is 1.32 bits per heavy atom. The fraction of sp³-hybridized carbons (Fsp3) is 0.562. The molecule has 0 aliphatic heterocycles. The maximum absolute atomic E-state index is 12.0. The predicted molar refractivity (Wildman–Crippen MR) is 88.7 cm³/mol. The average molecular weight is 324 g/mol. The highest BCUT2D eigenvalue weighted by Crippen LogP contribution is 2.22. The van der Waals surface area contributed by atoms with Crippen LogP contribution in [0, 0.1) is 0 Å². The monoisotopic (exact) mass is 324 g/mol. The van der Waals surface area contributed by atoms with Gasteiger partial charge in [-0.15, -0.1) is 11.8 Å². The number of pyridine rings is 1. The maximum Gasteiger partial charge on any atom is 0.328 e. The van der Waals surface area contributed by atoms with E-state index in [2.05, 4.69) is 10.3 Å². The van der Waals surface area contributed by atoms with E-state index in [0.29, 0.717) is 12.2 Å². The molecule has 0 aromatic carbocycles. The van der Waals surface area contributed by atoms with Gasteiger partial charge in [0.15, 0.2) is 0 Å². The van der Waals surface area contributed by atoms with Crippen LogP contribution in [0.3, 0.4) is 0 Å². The van der Waals surface area contributed by atoms with Gasteiger partial charge in [0, 0.05) is 23.6 Å². The van der Waals surface area contributed by atoms with Gasteiger partial charge in [0.05, 0.1) is 12.4 Å². The van der Waals surface area contributed by atoms with E-state index in [-0.39, 0.29) is 17.3 Å². The molecule has 0 unspecified atom stereocenters. The maximum atomic E-state index is 12.0. The number of rotatable bonds is 7. The molecule has 0 saturated carbocycles. The van der Waals surface area contributed by atoms with Gasteiger partial charge in [-0.25, -0.2) is 4.79 Å². The molecule has 1 aromatic heterocycles. The van der Waals surface area contributed by atoms with E-state index in [4.69, 9.17) is 4.74 Å². The number of carbonyl (C=O) groups excluding carboxylic acids is 2. The molecule has 5 nitrogen and oxygen atoms in total. The summed E-state index contributed by atoms with van der Waals surface area (Å²) in [7, 11) is 0. The van der Waals surface area contributed by atoms with Crippen molar-refractivity contribution in [2.45, 2.75) is 44.9 Å². The lowest BCUT2D eigenvalue weighted by atomic mass is 10.1. The van der Waals surface area contributed by atoms with Crippen LogP contribution >= 0.6 is 11.8 Å². The van der Waals surface area contributed by atoms with Crippen molar-refractivity contribution in [3.05, 3.63) is 30.1 Å². The van der Waals surface area contributed by atoms with Gasteiger partial charge >= 0.3 is 5.97 Å². The van der Waals surface area contributed by atoms with Crippen LogP contribution in [0.1, 0.15) is 33.3 Å². The summed E-state index contributed by atoms with van der Waals surface area (Å²) in [6, 6.07) is 2.97. The first-order valence-electron chi connectivity index (χ1n) is 7.30. The van der Waals surface area contributed by atoms with Crippen molar-refractivity contribution >= 4 is 23.6 Å². The third kappa shape index (κ3) is 7.45. The smallest absolute Gasteiger partial charge is 0.328 e. The summed E-state index contributed by atoms with van der Waals surface area (Å²) < 4.78 is 5.05. The van der Waals surface area contributed by atoms with Crippen molar-refractivity contribution in [1.82, 2.24) is 10.3 Å². The highest BCUT2D eigenvalue weighted by molar-refractivity contribution is 8.01. The number of thioether (sulfide) groups is 1. The Labute approximate surface area is 136 Å². The molecule has 0 radical (unpaired) electrons. The number of carbonyl (C=O) groups is 2. The Morgan fingerprint density at radius 2 is 1.95 bits per heavy atom. The summed E-state index contributed by atoms with van der Waals surface area (Å²) in [5.41, 5.74) is 0.928. The zero-order valence-corrected chi connectivity index (χ0v) is 14.4. The van der Waals surface area contributed by atoms with Gasteiger partial charge in [-0.2, -0.15) is 0 Å². The van der Waals surface area contributed by atoms with Gasteiger partial charge in [-0.05, 0) is 24.6 Å². The number of amides is 1. The number of hydrogen-bond donors (Lipinski definition) is 1. The van der Waals surface area contributed by atoms with Gasteiger partial charge in [0.1, 0.15) is 6.04 Å². The third-order valence-electron chi connectivity index (χ3n) is 2.73. The van der Waals surface area contributed by atoms with Crippen LogP contribution in [-0.4, -0.2) is 40.0 Å². The zero-order chi connectivity index (χ0) is 16.6. The van der Waals surface area contributed by atoms with E-state index in [1.165, 1.54) is 0 Å². The fourth-order valence-corrected chi connectivity index (χ4v) is 2.36. The normalized spacial score (nSPS) is 12.5. The molecule has 0 bridgehead atoms. The fourth-order valence-electron chi connectivity index (χ4n) is 1.71. The highest BCUT2D eigenvalue weighted by atomic mass is 32.2. The molecule has 0 spiro atoms. The second kappa shape index (κ2) is 8.78. The van der Waals surface area contributed by atoms with Gasteiger partial charge in [0.25, 0.3) is 0 Å². The first-order chi connectivity index (χ1) is 10.3. The minimum Gasteiger partial charge on any atom is -0.464 e. The second-order valence-electron chi connectivity index (χ2n) is 5.83. The molecule has 1 rings (SSSR count). The Balaban J connectivity index is 2.66. The van der Waals surface area contributed by atoms with Crippen molar-refractivity contribution in [2.24, 2.45) is 0 Å². The molecule has 0 fully saturated rings. The van der Waals surface area contributed by atoms with Gasteiger partial charge in [-0.1, -0.05) is 20.8 Å². The second-order valence-corrected chi connectivity index (χ2v) is 7.63. The largest absolute Gasteiger partial charge is 0.464 e. The molecule has 22 heavy (non-hydrogen) atoms. The molecule has 0 aliphatic rings. The summed E-state index contributed by atoms with van der Waals surface area (Å²) >= 11 is 1.54. The van der Waals surface area contributed by atoms with Gasteiger partial charge in [0.2, 0.25) is 5.91 Å². The predicted octanol–water partition coefficient (Wildman–Crippen LogP) is 2.20. The lowest BCUT2D eigenvalue weighted by Crippen LogP contribution is -2.44. The first-order valence-corrected chi connectivity index (χ1v) is 8.29. The van der Waals surface area contributed by atoms with E-state index in [1.807, 2.05) is 32.9 Å². The zero-order valence-electron chi connectivity index (χ0n) is 13.6. The summed E-state index contributed by atoms with van der Waals surface area (Å²) in [6.45, 7) is 8.18. The van der Waals surface area contributed by atoms with Crippen LogP contribution in [0.25, 0.3) is 0 Å². The molecule has 1 heterocycles. The van der Waals surface area contributed by atoms with Crippen LogP contribution in [0.4, 0.5) is 0 Å². The van der Waals surface area contributed by atoms with E-state index >= 15 is 0 Å². The van der Waals surface area contributed by atoms with E-state index < -0.39 is 12.0 Å². The lowest BCUT2D eigenvalue weighted by molar-refractivity contribution is -0.147. The van der Waals surface area contributed by atoms with Crippen molar-refractivity contribution in [1.29, 1.82) is 0 Å². The molecule has 122 valence electrons. The Bertz CT molecular complexity index is 486. The van der Waals surface area contributed by atoms with Crippen LogP contribution in [0.15, 0.2) is 24.5 Å². The minimum absolute atomic E-state index is 0.00185. The standard InChI is InChI=1S/C16H24N2O3S/c1-5-21-15(20)13(10-12-6-8-17-9-7-12)18-14(19)11-22-16(2,3)4/h6-9,13H,5,10-11H2,1-4H3,(H,18,19)/t13-/m1/s1. The number of ether oxygens (including phenoxy) is 1. The Hall–Kier alpha value is -1.56. The van der Waals surface area contributed by atoms with Crippen LogP contribution < -0.4 is 5.32 Å². The molecule has 1 aromatic rings. The van der Waals surface area contributed by atoms with Crippen LogP contribution in [0.2, 0.25) is 0 Å². The first kappa shape index (κ1) is 18.5. The molecule has 0 saturated heterocycles. The van der Waals surface area contributed by atoms with Crippen LogP contribution in [0.5, 0.6) is 0 Å². The molecule has 1 atom stereocenters. The number of nitrogens with one attached hydrogen (secondary N) is 1. The molecular formula is C16H24N2O3S. The quantitative estimate of drug-likeness (QED) is 0.779. The summed E-state index contributed by atoms with van der Waals surface area (Å²) in [4.78, 5) is 28.0. The number of nitrogens with zero attached hydrogens (tertiary/aromatic N) is 1. The van der Waals surface area contributed by atoms with Crippen molar-refractivity contribution in [3.8, 4) is 0 Å². The van der Waals surface area contributed by atoms with E-state index in [0.717, 1.165) is 5.56 Å². The van der Waals surface area contributed by atoms with Crippen molar-refractivity contribution in [3.63, 3.8) is 0 Å². The van der Waals surface area contributed by atoms with Crippen molar-refractivity contribution < 1.29 is 14.3 Å². The molecule has 6 heteroatoms.